The maximum Gasteiger partial charge on any atom is 0.412 e. The van der Waals surface area contributed by atoms with Crippen LogP contribution in [0.5, 0.6) is 0 Å². The highest BCUT2D eigenvalue weighted by Crippen LogP contribution is 2.38. The van der Waals surface area contributed by atoms with E-state index in [0.717, 1.165) is 12.8 Å². The van der Waals surface area contributed by atoms with Gasteiger partial charge in [0.15, 0.2) is 0 Å². The molecule has 2 rings (SSSR count). The van der Waals surface area contributed by atoms with E-state index in [9.17, 15) is 14.0 Å². The van der Waals surface area contributed by atoms with Crippen LogP contribution in [0.25, 0.3) is 0 Å². The summed E-state index contributed by atoms with van der Waals surface area (Å²) in [5.74, 6) is -0.402. The molecule has 0 aliphatic heterocycles. The largest absolute Gasteiger partial charge is 0.444 e. The summed E-state index contributed by atoms with van der Waals surface area (Å²) in [4.78, 5) is 28.9. The van der Waals surface area contributed by atoms with Crippen LogP contribution in [-0.2, 0) is 14.4 Å². The highest BCUT2D eigenvalue weighted by atomic mass is 19.1. The smallest absolute Gasteiger partial charge is 0.412 e. The van der Waals surface area contributed by atoms with Crippen LogP contribution < -0.4 is 5.32 Å². The summed E-state index contributed by atoms with van der Waals surface area (Å²) in [6.45, 7) is 5.30. The molecule has 1 aliphatic carbocycles. The van der Waals surface area contributed by atoms with Crippen LogP contribution in [0.15, 0.2) is 18.2 Å². The number of carbonyl (C=O) groups excluding carboxylic acids is 2. The van der Waals surface area contributed by atoms with E-state index in [4.69, 9.17) is 9.57 Å². The number of carbonyl (C=O) groups is 2. The van der Waals surface area contributed by atoms with Gasteiger partial charge in [-0.1, -0.05) is 6.07 Å². The molecular formula is C20H29FN2O4. The Labute approximate surface area is 160 Å². The normalized spacial score (nSPS) is 20.1. The molecule has 0 radical (unpaired) electrons. The Morgan fingerprint density at radius 1 is 1.19 bits per heavy atom. The van der Waals surface area contributed by atoms with E-state index in [1.807, 2.05) is 0 Å². The molecule has 0 aromatic heterocycles. The monoisotopic (exact) mass is 380 g/mol. The van der Waals surface area contributed by atoms with Gasteiger partial charge < -0.3 is 4.74 Å². The highest BCUT2D eigenvalue weighted by Gasteiger charge is 2.30. The number of ether oxygens (including phenoxy) is 1. The van der Waals surface area contributed by atoms with E-state index >= 15 is 0 Å². The first-order valence-corrected chi connectivity index (χ1v) is 9.22. The Morgan fingerprint density at radius 2 is 1.81 bits per heavy atom. The Morgan fingerprint density at radius 3 is 2.33 bits per heavy atom. The highest BCUT2D eigenvalue weighted by molar-refractivity contribution is 5.84. The predicted molar refractivity (Wildman–Crippen MR) is 101 cm³/mol. The van der Waals surface area contributed by atoms with Crippen LogP contribution in [0, 0.1) is 11.7 Å². The van der Waals surface area contributed by atoms with Gasteiger partial charge in [0.1, 0.15) is 11.4 Å². The minimum atomic E-state index is -0.616. The molecule has 27 heavy (non-hydrogen) atoms. The molecule has 2 amide bonds. The summed E-state index contributed by atoms with van der Waals surface area (Å²) in [7, 11) is 3.07. The van der Waals surface area contributed by atoms with E-state index < -0.39 is 11.7 Å². The number of nitrogens with zero attached hydrogens (tertiary/aromatic N) is 1. The number of amides is 2. The van der Waals surface area contributed by atoms with Gasteiger partial charge >= 0.3 is 6.09 Å². The predicted octanol–water partition coefficient (Wildman–Crippen LogP) is 4.47. The van der Waals surface area contributed by atoms with Crippen LogP contribution in [-0.4, -0.2) is 36.8 Å². The molecule has 7 heteroatoms. The van der Waals surface area contributed by atoms with Crippen molar-refractivity contribution in [3.8, 4) is 0 Å². The van der Waals surface area contributed by atoms with Crippen LogP contribution in [0.1, 0.15) is 57.9 Å². The van der Waals surface area contributed by atoms with Crippen molar-refractivity contribution in [2.24, 2.45) is 5.92 Å². The zero-order valence-electron chi connectivity index (χ0n) is 16.7. The molecule has 1 fully saturated rings. The summed E-state index contributed by atoms with van der Waals surface area (Å²) < 4.78 is 19.7. The maximum atomic E-state index is 14.6. The first kappa shape index (κ1) is 21.2. The van der Waals surface area contributed by atoms with Crippen molar-refractivity contribution in [3.63, 3.8) is 0 Å². The number of hydroxylamine groups is 2. The van der Waals surface area contributed by atoms with Gasteiger partial charge in [-0.2, -0.15) is 0 Å². The van der Waals surface area contributed by atoms with Gasteiger partial charge in [0, 0.05) is 18.7 Å². The average molecular weight is 380 g/mol. The number of anilines is 1. The van der Waals surface area contributed by atoms with E-state index in [0.29, 0.717) is 24.1 Å². The zero-order valence-corrected chi connectivity index (χ0v) is 16.7. The van der Waals surface area contributed by atoms with E-state index in [1.165, 1.54) is 18.2 Å². The molecule has 150 valence electrons. The first-order valence-electron chi connectivity index (χ1n) is 9.22. The van der Waals surface area contributed by atoms with E-state index in [2.05, 4.69) is 5.32 Å². The second-order valence-corrected chi connectivity index (χ2v) is 7.93. The summed E-state index contributed by atoms with van der Waals surface area (Å²) in [6.07, 6.45) is 2.27. The summed E-state index contributed by atoms with van der Waals surface area (Å²) >= 11 is 0. The number of benzene rings is 1. The second kappa shape index (κ2) is 8.69. The van der Waals surface area contributed by atoms with Crippen molar-refractivity contribution >= 4 is 17.7 Å². The SMILES string of the molecule is CON(C)C(=O)C1CCC(c2ccc(NC(=O)OC(C)(C)C)cc2F)CC1. The molecule has 1 aromatic carbocycles. The van der Waals surface area contributed by atoms with Gasteiger partial charge in [-0.05, 0) is 70.1 Å². The van der Waals surface area contributed by atoms with Crippen molar-refractivity contribution in [1.29, 1.82) is 0 Å². The Kier molecular flexibility index (Phi) is 6.81. The number of hydrogen-bond acceptors (Lipinski definition) is 4. The molecular weight excluding hydrogens is 351 g/mol. The van der Waals surface area contributed by atoms with Crippen molar-refractivity contribution < 1.29 is 23.6 Å². The fourth-order valence-corrected chi connectivity index (χ4v) is 3.36. The number of rotatable bonds is 4. The van der Waals surface area contributed by atoms with Gasteiger partial charge in [0.2, 0.25) is 5.91 Å². The summed E-state index contributed by atoms with van der Waals surface area (Å²) in [5, 5.41) is 3.80. The topological polar surface area (TPSA) is 67.9 Å². The Bertz CT molecular complexity index is 679. The lowest BCUT2D eigenvalue weighted by molar-refractivity contribution is -0.174. The molecule has 1 N–H and O–H groups in total. The van der Waals surface area contributed by atoms with Gasteiger partial charge in [-0.3, -0.25) is 14.9 Å². The van der Waals surface area contributed by atoms with E-state index in [1.54, 1.807) is 40.0 Å². The van der Waals surface area contributed by atoms with Crippen LogP contribution >= 0.6 is 0 Å². The lowest BCUT2D eigenvalue weighted by atomic mass is 9.78. The maximum absolute atomic E-state index is 14.6. The summed E-state index contributed by atoms with van der Waals surface area (Å²) in [6, 6.07) is 4.70. The van der Waals surface area contributed by atoms with Crippen molar-refractivity contribution in [2.45, 2.75) is 58.0 Å². The van der Waals surface area contributed by atoms with Crippen molar-refractivity contribution in [2.75, 3.05) is 19.5 Å². The lowest BCUT2D eigenvalue weighted by Gasteiger charge is -2.30. The molecule has 1 saturated carbocycles. The molecule has 0 saturated heterocycles. The van der Waals surface area contributed by atoms with Crippen molar-refractivity contribution in [1.82, 2.24) is 5.06 Å². The van der Waals surface area contributed by atoms with E-state index in [-0.39, 0.29) is 23.6 Å². The van der Waals surface area contributed by atoms with Crippen LogP contribution in [0.3, 0.4) is 0 Å². The fraction of sp³-hybridized carbons (Fsp3) is 0.600. The molecule has 6 nitrogen and oxygen atoms in total. The molecule has 1 aromatic rings. The van der Waals surface area contributed by atoms with Gasteiger partial charge in [-0.15, -0.1) is 0 Å². The molecule has 0 heterocycles. The van der Waals surface area contributed by atoms with Crippen LogP contribution in [0.4, 0.5) is 14.9 Å². The third-order valence-electron chi connectivity index (χ3n) is 4.75. The van der Waals surface area contributed by atoms with Gasteiger partial charge in [-0.25, -0.2) is 14.2 Å². The van der Waals surface area contributed by atoms with Crippen molar-refractivity contribution in [3.05, 3.63) is 29.6 Å². The summed E-state index contributed by atoms with van der Waals surface area (Å²) in [5.41, 5.74) is 0.363. The first-order chi connectivity index (χ1) is 12.6. The second-order valence-electron chi connectivity index (χ2n) is 7.93. The van der Waals surface area contributed by atoms with Gasteiger partial charge in [0.25, 0.3) is 0 Å². The molecule has 1 aliphatic rings. The molecule has 0 atom stereocenters. The van der Waals surface area contributed by atoms with Crippen LogP contribution in [0.2, 0.25) is 0 Å². The zero-order chi connectivity index (χ0) is 20.2. The minimum absolute atomic E-state index is 0.0340. The molecule has 0 unspecified atom stereocenters. The Balaban J connectivity index is 1.97. The molecule has 0 bridgehead atoms. The number of halogens is 1. The number of nitrogens with one attached hydrogen (secondary N) is 1. The lowest BCUT2D eigenvalue weighted by Crippen LogP contribution is -2.34. The standard InChI is InChI=1S/C20H29FN2O4/c1-20(2,3)27-19(25)22-15-10-11-16(17(21)12-15)13-6-8-14(9-7-13)18(24)23(4)26-5/h10-14H,6-9H2,1-5H3,(H,22,25). The number of hydrogen-bond donors (Lipinski definition) is 1. The third-order valence-corrected chi connectivity index (χ3v) is 4.75. The quantitative estimate of drug-likeness (QED) is 0.783. The Hall–Kier alpha value is -2.15. The van der Waals surface area contributed by atoms with Gasteiger partial charge in [0.05, 0.1) is 7.11 Å². The fourth-order valence-electron chi connectivity index (χ4n) is 3.36. The average Bonchev–Trinajstić information content (AvgIpc) is 2.59. The third kappa shape index (κ3) is 5.92. The minimum Gasteiger partial charge on any atom is -0.444 e. The molecule has 0 spiro atoms.